The fourth-order valence-electron chi connectivity index (χ4n) is 2.93. The Hall–Kier alpha value is -0.970. The van der Waals surface area contributed by atoms with Crippen LogP contribution in [0.2, 0.25) is 0 Å². The van der Waals surface area contributed by atoms with Crippen LogP contribution < -0.4 is 5.73 Å². The van der Waals surface area contributed by atoms with Crippen molar-refractivity contribution in [3.8, 4) is 0 Å². The highest BCUT2D eigenvalue weighted by Crippen LogP contribution is 2.26. The molecule has 1 aromatic carbocycles. The molecular formula is C16H25FN2O. The lowest BCUT2D eigenvalue weighted by Crippen LogP contribution is -2.41. The first-order chi connectivity index (χ1) is 9.61. The minimum atomic E-state index is -0.209. The van der Waals surface area contributed by atoms with Crippen LogP contribution in [-0.2, 0) is 4.74 Å². The molecule has 112 valence electrons. The van der Waals surface area contributed by atoms with E-state index < -0.39 is 0 Å². The van der Waals surface area contributed by atoms with Crippen molar-refractivity contribution < 1.29 is 9.13 Å². The van der Waals surface area contributed by atoms with Crippen molar-refractivity contribution in [2.75, 3.05) is 20.2 Å². The molecule has 0 aliphatic carbocycles. The second-order valence-corrected chi connectivity index (χ2v) is 5.64. The minimum absolute atomic E-state index is 0.0341. The van der Waals surface area contributed by atoms with Crippen molar-refractivity contribution in [2.45, 2.75) is 44.4 Å². The van der Waals surface area contributed by atoms with Crippen LogP contribution in [0.25, 0.3) is 0 Å². The molecule has 1 aromatic rings. The standard InChI is InChI=1S/C16H25FN2O/c1-3-15(18)16(12-6-8-13(17)9-7-12)19(2)11-14-5-4-10-20-14/h6-9,14-16H,3-5,10-11,18H2,1-2H3. The second-order valence-electron chi connectivity index (χ2n) is 5.64. The van der Waals surface area contributed by atoms with E-state index in [0.29, 0.717) is 6.10 Å². The highest BCUT2D eigenvalue weighted by Gasteiger charge is 2.26. The van der Waals surface area contributed by atoms with E-state index in [1.165, 1.54) is 12.1 Å². The summed E-state index contributed by atoms with van der Waals surface area (Å²) in [7, 11) is 2.07. The molecule has 0 saturated carbocycles. The van der Waals surface area contributed by atoms with Crippen LogP contribution in [0.4, 0.5) is 4.39 Å². The summed E-state index contributed by atoms with van der Waals surface area (Å²) in [6, 6.07) is 6.81. The zero-order chi connectivity index (χ0) is 14.5. The number of hydrogen-bond acceptors (Lipinski definition) is 3. The largest absolute Gasteiger partial charge is 0.377 e. The maximum absolute atomic E-state index is 13.1. The van der Waals surface area contributed by atoms with E-state index in [1.54, 1.807) is 0 Å². The van der Waals surface area contributed by atoms with Gasteiger partial charge in [0.15, 0.2) is 0 Å². The van der Waals surface area contributed by atoms with Crippen LogP contribution in [0, 0.1) is 5.82 Å². The summed E-state index contributed by atoms with van der Waals surface area (Å²) in [4.78, 5) is 2.25. The van der Waals surface area contributed by atoms with Gasteiger partial charge in [0.2, 0.25) is 0 Å². The average molecular weight is 280 g/mol. The number of likely N-dealkylation sites (N-methyl/N-ethyl adjacent to an activating group) is 1. The molecule has 1 aliphatic heterocycles. The van der Waals surface area contributed by atoms with Gasteiger partial charge in [0.05, 0.1) is 6.10 Å². The Bertz CT molecular complexity index is 403. The molecule has 2 rings (SSSR count). The zero-order valence-electron chi connectivity index (χ0n) is 12.4. The summed E-state index contributed by atoms with van der Waals surface area (Å²) in [6.45, 7) is 3.82. The van der Waals surface area contributed by atoms with E-state index in [1.807, 2.05) is 12.1 Å². The van der Waals surface area contributed by atoms with Gasteiger partial charge in [-0.15, -0.1) is 0 Å². The summed E-state index contributed by atoms with van der Waals surface area (Å²) < 4.78 is 18.8. The summed E-state index contributed by atoms with van der Waals surface area (Å²) in [6.07, 6.45) is 3.44. The third-order valence-corrected chi connectivity index (χ3v) is 4.08. The lowest BCUT2D eigenvalue weighted by molar-refractivity contribution is 0.0628. The van der Waals surface area contributed by atoms with Crippen LogP contribution in [0.3, 0.4) is 0 Å². The van der Waals surface area contributed by atoms with Crippen LogP contribution in [0.1, 0.15) is 37.8 Å². The zero-order valence-corrected chi connectivity index (χ0v) is 12.4. The number of halogens is 1. The Morgan fingerprint density at radius 3 is 2.65 bits per heavy atom. The first kappa shape index (κ1) is 15.4. The van der Waals surface area contributed by atoms with Gasteiger partial charge < -0.3 is 10.5 Å². The normalized spacial score (nSPS) is 22.1. The molecule has 1 heterocycles. The predicted molar refractivity (Wildman–Crippen MR) is 79.0 cm³/mol. The molecule has 3 unspecified atom stereocenters. The molecule has 0 spiro atoms. The molecule has 0 amide bonds. The maximum atomic E-state index is 13.1. The smallest absolute Gasteiger partial charge is 0.123 e. The van der Waals surface area contributed by atoms with Crippen molar-refractivity contribution in [3.05, 3.63) is 35.6 Å². The van der Waals surface area contributed by atoms with Gasteiger partial charge in [-0.25, -0.2) is 4.39 Å². The molecule has 1 saturated heterocycles. The van der Waals surface area contributed by atoms with Gasteiger partial charge in [-0.05, 0) is 44.0 Å². The minimum Gasteiger partial charge on any atom is -0.377 e. The molecule has 3 nitrogen and oxygen atoms in total. The van der Waals surface area contributed by atoms with E-state index in [4.69, 9.17) is 10.5 Å². The van der Waals surface area contributed by atoms with Gasteiger partial charge in [-0.3, -0.25) is 4.90 Å². The third-order valence-electron chi connectivity index (χ3n) is 4.08. The van der Waals surface area contributed by atoms with E-state index in [2.05, 4.69) is 18.9 Å². The van der Waals surface area contributed by atoms with Crippen LogP contribution in [0.15, 0.2) is 24.3 Å². The van der Waals surface area contributed by atoms with Crippen molar-refractivity contribution in [1.82, 2.24) is 4.90 Å². The summed E-state index contributed by atoms with van der Waals surface area (Å²) >= 11 is 0. The molecule has 1 fully saturated rings. The summed E-state index contributed by atoms with van der Waals surface area (Å²) in [5.74, 6) is -0.209. The highest BCUT2D eigenvalue weighted by molar-refractivity contribution is 5.21. The number of nitrogens with zero attached hydrogens (tertiary/aromatic N) is 1. The lowest BCUT2D eigenvalue weighted by Gasteiger charge is -2.34. The van der Waals surface area contributed by atoms with E-state index >= 15 is 0 Å². The number of nitrogens with two attached hydrogens (primary N) is 1. The van der Waals surface area contributed by atoms with E-state index in [9.17, 15) is 4.39 Å². The van der Waals surface area contributed by atoms with Crippen LogP contribution >= 0.6 is 0 Å². The molecule has 1 aliphatic rings. The summed E-state index contributed by atoms with van der Waals surface area (Å²) in [5, 5.41) is 0. The third kappa shape index (κ3) is 3.78. The van der Waals surface area contributed by atoms with E-state index in [-0.39, 0.29) is 17.9 Å². The maximum Gasteiger partial charge on any atom is 0.123 e. The molecular weight excluding hydrogens is 255 g/mol. The van der Waals surface area contributed by atoms with E-state index in [0.717, 1.165) is 38.0 Å². The fraction of sp³-hybridized carbons (Fsp3) is 0.625. The first-order valence-corrected chi connectivity index (χ1v) is 7.44. The van der Waals surface area contributed by atoms with Gasteiger partial charge in [0, 0.05) is 25.2 Å². The van der Waals surface area contributed by atoms with Crippen molar-refractivity contribution >= 4 is 0 Å². The Balaban J connectivity index is 2.11. The van der Waals surface area contributed by atoms with Crippen molar-refractivity contribution in [3.63, 3.8) is 0 Å². The molecule has 3 atom stereocenters. The van der Waals surface area contributed by atoms with Crippen molar-refractivity contribution in [1.29, 1.82) is 0 Å². The second kappa shape index (κ2) is 7.16. The first-order valence-electron chi connectivity index (χ1n) is 7.44. The quantitative estimate of drug-likeness (QED) is 0.870. The number of rotatable bonds is 6. The molecule has 0 radical (unpaired) electrons. The monoisotopic (exact) mass is 280 g/mol. The predicted octanol–water partition coefficient (Wildman–Crippen LogP) is 2.71. The molecule has 0 bridgehead atoms. The molecule has 0 aromatic heterocycles. The lowest BCUT2D eigenvalue weighted by atomic mass is 9.96. The Kier molecular flexibility index (Phi) is 5.52. The topological polar surface area (TPSA) is 38.5 Å². The number of hydrogen-bond donors (Lipinski definition) is 1. The Morgan fingerprint density at radius 1 is 1.40 bits per heavy atom. The van der Waals surface area contributed by atoms with Gasteiger partial charge >= 0.3 is 0 Å². The van der Waals surface area contributed by atoms with Gasteiger partial charge in [0.25, 0.3) is 0 Å². The average Bonchev–Trinajstić information content (AvgIpc) is 2.94. The fourth-order valence-corrected chi connectivity index (χ4v) is 2.93. The highest BCUT2D eigenvalue weighted by atomic mass is 19.1. The van der Waals surface area contributed by atoms with Gasteiger partial charge in [-0.2, -0.15) is 0 Å². The number of benzene rings is 1. The van der Waals surface area contributed by atoms with Gasteiger partial charge in [-0.1, -0.05) is 19.1 Å². The molecule has 20 heavy (non-hydrogen) atoms. The van der Waals surface area contributed by atoms with Gasteiger partial charge in [0.1, 0.15) is 5.82 Å². The molecule has 4 heteroatoms. The van der Waals surface area contributed by atoms with Crippen LogP contribution in [-0.4, -0.2) is 37.2 Å². The SMILES string of the molecule is CCC(N)C(c1ccc(F)cc1)N(C)CC1CCCO1. The van der Waals surface area contributed by atoms with Crippen molar-refractivity contribution in [2.24, 2.45) is 5.73 Å². The Morgan fingerprint density at radius 2 is 2.10 bits per heavy atom. The number of ether oxygens (including phenoxy) is 1. The summed E-state index contributed by atoms with van der Waals surface area (Å²) in [5.41, 5.74) is 7.36. The van der Waals surface area contributed by atoms with Crippen LogP contribution in [0.5, 0.6) is 0 Å². The Labute approximate surface area is 120 Å². The molecule has 2 N–H and O–H groups in total.